The summed E-state index contributed by atoms with van der Waals surface area (Å²) in [6.45, 7) is 8.65. The lowest BCUT2D eigenvalue weighted by Gasteiger charge is -2.02. The lowest BCUT2D eigenvalue weighted by Crippen LogP contribution is -2.05. The van der Waals surface area contributed by atoms with Crippen molar-refractivity contribution in [3.63, 3.8) is 0 Å². The topological polar surface area (TPSA) is 0 Å². The summed E-state index contributed by atoms with van der Waals surface area (Å²) in [6, 6.07) is 7.52. The quantitative estimate of drug-likeness (QED) is 0.470. The normalized spacial score (nSPS) is 22.5. The first-order chi connectivity index (χ1) is 7.72. The first-order valence-electron chi connectivity index (χ1n) is 5.70. The highest BCUT2D eigenvalue weighted by Crippen LogP contribution is 2.74. The SMILES string of the molecule is CC1(C)C(C)(C)C1(Cl)C#Cc1ccc(Cl)cc1. The number of hydrogen-bond donors (Lipinski definition) is 0. The molecule has 2 heteroatoms. The van der Waals surface area contributed by atoms with Gasteiger partial charge in [0.25, 0.3) is 0 Å². The van der Waals surface area contributed by atoms with Crippen LogP contribution in [0.3, 0.4) is 0 Å². The molecule has 0 aromatic heterocycles. The minimum Gasteiger partial charge on any atom is -0.104 e. The van der Waals surface area contributed by atoms with E-state index < -0.39 is 4.87 Å². The monoisotopic (exact) mass is 266 g/mol. The van der Waals surface area contributed by atoms with Gasteiger partial charge < -0.3 is 0 Å². The summed E-state index contributed by atoms with van der Waals surface area (Å²) in [6.07, 6.45) is 0. The number of benzene rings is 1. The second-order valence-electron chi connectivity index (χ2n) is 5.67. The maximum atomic E-state index is 6.61. The molecule has 2 rings (SSSR count). The van der Waals surface area contributed by atoms with Gasteiger partial charge >= 0.3 is 0 Å². The molecule has 0 unspecified atom stereocenters. The molecule has 0 aliphatic heterocycles. The Morgan fingerprint density at radius 2 is 1.41 bits per heavy atom. The van der Waals surface area contributed by atoms with Gasteiger partial charge in [0.2, 0.25) is 0 Å². The smallest absolute Gasteiger partial charge is 0.104 e. The molecular formula is C15H16Cl2. The molecule has 0 radical (unpaired) electrons. The average Bonchev–Trinajstić information content (AvgIpc) is 2.56. The van der Waals surface area contributed by atoms with E-state index in [2.05, 4.69) is 39.5 Å². The summed E-state index contributed by atoms with van der Waals surface area (Å²) in [4.78, 5) is -0.431. The van der Waals surface area contributed by atoms with Gasteiger partial charge in [-0.15, -0.1) is 11.6 Å². The van der Waals surface area contributed by atoms with Crippen LogP contribution in [0.1, 0.15) is 33.3 Å². The highest BCUT2D eigenvalue weighted by molar-refractivity contribution is 6.30. The van der Waals surface area contributed by atoms with Crippen molar-refractivity contribution in [3.05, 3.63) is 34.9 Å². The molecule has 0 bridgehead atoms. The van der Waals surface area contributed by atoms with Crippen LogP contribution in [0.15, 0.2) is 24.3 Å². The molecule has 0 spiro atoms. The van der Waals surface area contributed by atoms with Gasteiger partial charge in [0.15, 0.2) is 0 Å². The highest BCUT2D eigenvalue weighted by Gasteiger charge is 2.76. The fraction of sp³-hybridized carbons (Fsp3) is 0.467. The molecule has 1 aromatic rings. The number of halogens is 2. The van der Waals surface area contributed by atoms with Crippen molar-refractivity contribution in [2.24, 2.45) is 10.8 Å². The molecule has 1 aliphatic carbocycles. The van der Waals surface area contributed by atoms with Crippen LogP contribution in [0.4, 0.5) is 0 Å². The van der Waals surface area contributed by atoms with Crippen molar-refractivity contribution in [1.82, 2.24) is 0 Å². The van der Waals surface area contributed by atoms with Gasteiger partial charge in [-0.2, -0.15) is 0 Å². The Morgan fingerprint density at radius 1 is 0.941 bits per heavy atom. The highest BCUT2D eigenvalue weighted by atomic mass is 35.5. The Balaban J connectivity index is 2.28. The second-order valence-corrected chi connectivity index (χ2v) is 6.67. The van der Waals surface area contributed by atoms with Gasteiger partial charge in [0, 0.05) is 21.4 Å². The largest absolute Gasteiger partial charge is 0.117 e. The van der Waals surface area contributed by atoms with Crippen LogP contribution in [-0.4, -0.2) is 4.87 Å². The van der Waals surface area contributed by atoms with Crippen molar-refractivity contribution in [2.45, 2.75) is 32.6 Å². The van der Waals surface area contributed by atoms with Crippen molar-refractivity contribution in [2.75, 3.05) is 0 Å². The van der Waals surface area contributed by atoms with Crippen LogP contribution in [-0.2, 0) is 0 Å². The van der Waals surface area contributed by atoms with Gasteiger partial charge in [-0.1, -0.05) is 51.1 Å². The Morgan fingerprint density at radius 3 is 1.82 bits per heavy atom. The van der Waals surface area contributed by atoms with Crippen LogP contribution < -0.4 is 0 Å². The van der Waals surface area contributed by atoms with Gasteiger partial charge in [-0.05, 0) is 24.3 Å². The maximum Gasteiger partial charge on any atom is 0.117 e. The predicted molar refractivity (Wildman–Crippen MR) is 74.5 cm³/mol. The van der Waals surface area contributed by atoms with E-state index in [4.69, 9.17) is 23.2 Å². The number of rotatable bonds is 0. The third kappa shape index (κ3) is 1.68. The molecule has 90 valence electrons. The molecule has 17 heavy (non-hydrogen) atoms. The van der Waals surface area contributed by atoms with E-state index in [9.17, 15) is 0 Å². The van der Waals surface area contributed by atoms with Crippen LogP contribution in [0.5, 0.6) is 0 Å². The van der Waals surface area contributed by atoms with E-state index in [0.29, 0.717) is 0 Å². The molecule has 0 heterocycles. The van der Waals surface area contributed by atoms with Crippen LogP contribution >= 0.6 is 23.2 Å². The van der Waals surface area contributed by atoms with Crippen molar-refractivity contribution >= 4 is 23.2 Å². The molecule has 1 fully saturated rings. The van der Waals surface area contributed by atoms with Gasteiger partial charge in [0.05, 0.1) is 0 Å². The van der Waals surface area contributed by atoms with Crippen LogP contribution in [0.2, 0.25) is 5.02 Å². The zero-order chi connectivity index (χ0) is 12.9. The minimum atomic E-state index is -0.431. The van der Waals surface area contributed by atoms with E-state index in [0.717, 1.165) is 10.6 Å². The van der Waals surface area contributed by atoms with Crippen molar-refractivity contribution in [1.29, 1.82) is 0 Å². The lowest BCUT2D eigenvalue weighted by atomic mass is 10.0. The molecule has 0 N–H and O–H groups in total. The zero-order valence-electron chi connectivity index (χ0n) is 10.6. The molecule has 0 amide bonds. The van der Waals surface area contributed by atoms with E-state index in [1.807, 2.05) is 24.3 Å². The maximum absolute atomic E-state index is 6.61. The van der Waals surface area contributed by atoms with Gasteiger partial charge in [-0.3, -0.25) is 0 Å². The molecule has 0 atom stereocenters. The Bertz CT molecular complexity index is 484. The minimum absolute atomic E-state index is 0.0426. The summed E-state index contributed by atoms with van der Waals surface area (Å²) < 4.78 is 0. The summed E-state index contributed by atoms with van der Waals surface area (Å²) in [5.74, 6) is 6.37. The van der Waals surface area contributed by atoms with E-state index in [1.165, 1.54) is 0 Å². The van der Waals surface area contributed by atoms with Crippen LogP contribution in [0.25, 0.3) is 0 Å². The zero-order valence-corrected chi connectivity index (χ0v) is 12.1. The molecule has 1 aliphatic rings. The van der Waals surface area contributed by atoms with Crippen LogP contribution in [0, 0.1) is 22.7 Å². The first kappa shape index (κ1) is 12.8. The standard InChI is InChI=1S/C15H16Cl2/c1-13(2)14(3,4)15(13,17)10-9-11-5-7-12(16)8-6-11/h5-8H,1-4H3. The molecule has 1 saturated carbocycles. The fourth-order valence-electron chi connectivity index (χ4n) is 2.25. The Kier molecular flexibility index (Phi) is 2.77. The van der Waals surface area contributed by atoms with E-state index >= 15 is 0 Å². The summed E-state index contributed by atoms with van der Waals surface area (Å²) in [7, 11) is 0. The molecule has 0 nitrogen and oxygen atoms in total. The first-order valence-corrected chi connectivity index (χ1v) is 6.46. The van der Waals surface area contributed by atoms with E-state index in [1.54, 1.807) is 0 Å². The van der Waals surface area contributed by atoms with Crippen molar-refractivity contribution in [3.8, 4) is 11.8 Å². The molecular weight excluding hydrogens is 251 g/mol. The average molecular weight is 267 g/mol. The Hall–Kier alpha value is -0.640. The summed E-state index contributed by atoms with van der Waals surface area (Å²) >= 11 is 12.4. The molecule has 0 saturated heterocycles. The van der Waals surface area contributed by atoms with Gasteiger partial charge in [-0.25, -0.2) is 0 Å². The second kappa shape index (κ2) is 3.67. The number of alkyl halides is 1. The third-order valence-electron chi connectivity index (χ3n) is 4.45. The number of hydrogen-bond acceptors (Lipinski definition) is 0. The molecule has 1 aromatic carbocycles. The Labute approximate surface area is 113 Å². The summed E-state index contributed by atoms with van der Waals surface area (Å²) in [5, 5.41) is 0.725. The lowest BCUT2D eigenvalue weighted by molar-refractivity contribution is 0.457. The fourth-order valence-corrected chi connectivity index (χ4v) is 2.85. The predicted octanol–water partition coefficient (Wildman–Crippen LogP) is 4.74. The van der Waals surface area contributed by atoms with Gasteiger partial charge in [0.1, 0.15) is 4.87 Å². The summed E-state index contributed by atoms with van der Waals surface area (Å²) in [5.41, 5.74) is 1.04. The third-order valence-corrected chi connectivity index (χ3v) is 5.74. The van der Waals surface area contributed by atoms with Crippen molar-refractivity contribution < 1.29 is 0 Å². The van der Waals surface area contributed by atoms with E-state index in [-0.39, 0.29) is 10.8 Å².